The van der Waals surface area contributed by atoms with Gasteiger partial charge in [0.05, 0.1) is 6.54 Å². The number of nitrogens with zero attached hydrogens (tertiary/aromatic N) is 1. The molecule has 0 unspecified atom stereocenters. The van der Waals surface area contributed by atoms with Crippen LogP contribution in [0, 0.1) is 0 Å². The Labute approximate surface area is 89.7 Å². The number of benzene rings is 1. The molecule has 1 aromatic rings. The predicted molar refractivity (Wildman–Crippen MR) is 58.8 cm³/mol. The number of rotatable bonds is 2. The zero-order chi connectivity index (χ0) is 10.7. The molecule has 1 heterocycles. The van der Waals surface area contributed by atoms with Gasteiger partial charge in [-0.2, -0.15) is 0 Å². The molecule has 0 bridgehead atoms. The van der Waals surface area contributed by atoms with Crippen molar-refractivity contribution in [1.29, 1.82) is 0 Å². The molecule has 1 aliphatic rings. The fourth-order valence-corrected chi connectivity index (χ4v) is 1.93. The zero-order valence-corrected chi connectivity index (χ0v) is 8.85. The summed E-state index contributed by atoms with van der Waals surface area (Å²) in [5.74, 6) is -0.185. The van der Waals surface area contributed by atoms with Gasteiger partial charge in [0, 0.05) is 25.6 Å². The molecule has 1 atom stereocenters. The van der Waals surface area contributed by atoms with E-state index in [1.807, 2.05) is 18.2 Å². The van der Waals surface area contributed by atoms with E-state index in [-0.39, 0.29) is 12.1 Å². The van der Waals surface area contributed by atoms with Gasteiger partial charge in [-0.25, -0.2) is 0 Å². The molecule has 0 amide bonds. The molecule has 80 valence electrons. The number of carbonyl (C=O) groups is 1. The number of para-hydroxylation sites is 1. The van der Waals surface area contributed by atoms with E-state index in [2.05, 4.69) is 17.0 Å². The minimum atomic E-state index is -0.185. The molecule has 0 aromatic heterocycles. The van der Waals surface area contributed by atoms with Gasteiger partial charge in [0.1, 0.15) is 6.10 Å². The molecule has 1 fully saturated rings. The molecule has 1 saturated heterocycles. The Bertz CT molecular complexity index is 337. The van der Waals surface area contributed by atoms with Crippen LogP contribution in [-0.4, -0.2) is 25.2 Å². The molecule has 15 heavy (non-hydrogen) atoms. The van der Waals surface area contributed by atoms with Gasteiger partial charge < -0.3 is 9.64 Å². The summed E-state index contributed by atoms with van der Waals surface area (Å²) < 4.78 is 5.18. The van der Waals surface area contributed by atoms with Crippen molar-refractivity contribution in [2.75, 3.05) is 18.0 Å². The summed E-state index contributed by atoms with van der Waals surface area (Å²) in [5.41, 5.74) is 1.20. The summed E-state index contributed by atoms with van der Waals surface area (Å²) in [6, 6.07) is 10.2. The predicted octanol–water partition coefficient (Wildman–Crippen LogP) is 1.83. The standard InChI is InChI=1S/C12H15NO2/c1-10(14)15-12-7-8-13(9-12)11-5-3-2-4-6-11/h2-6,12H,7-9H2,1H3/t12-/m0/s1. The lowest BCUT2D eigenvalue weighted by molar-refractivity contribution is -0.145. The highest BCUT2D eigenvalue weighted by Crippen LogP contribution is 2.21. The second-order valence-corrected chi connectivity index (χ2v) is 3.80. The number of anilines is 1. The Morgan fingerprint density at radius 2 is 2.13 bits per heavy atom. The Balaban J connectivity index is 1.96. The maximum absolute atomic E-state index is 10.8. The first-order valence-electron chi connectivity index (χ1n) is 5.23. The highest BCUT2D eigenvalue weighted by Gasteiger charge is 2.24. The van der Waals surface area contributed by atoms with E-state index in [1.165, 1.54) is 12.6 Å². The van der Waals surface area contributed by atoms with E-state index in [1.54, 1.807) is 0 Å². The lowest BCUT2D eigenvalue weighted by Gasteiger charge is -2.18. The average molecular weight is 205 g/mol. The van der Waals surface area contributed by atoms with Gasteiger partial charge in [0.2, 0.25) is 0 Å². The van der Waals surface area contributed by atoms with Gasteiger partial charge in [-0.05, 0) is 12.1 Å². The van der Waals surface area contributed by atoms with Crippen LogP contribution < -0.4 is 4.90 Å². The Kier molecular flexibility index (Phi) is 2.90. The minimum Gasteiger partial charge on any atom is -0.461 e. The Morgan fingerprint density at radius 3 is 2.80 bits per heavy atom. The molecule has 0 spiro atoms. The SMILES string of the molecule is CC(=O)O[C@H]1CCN(c2ccccc2)C1. The van der Waals surface area contributed by atoms with Gasteiger partial charge in [0.15, 0.2) is 0 Å². The van der Waals surface area contributed by atoms with Crippen LogP contribution in [0.3, 0.4) is 0 Å². The molecule has 3 nitrogen and oxygen atoms in total. The van der Waals surface area contributed by atoms with Crippen LogP contribution in [-0.2, 0) is 9.53 Å². The fraction of sp³-hybridized carbons (Fsp3) is 0.417. The first-order valence-corrected chi connectivity index (χ1v) is 5.23. The Hall–Kier alpha value is -1.51. The van der Waals surface area contributed by atoms with Crippen molar-refractivity contribution in [1.82, 2.24) is 0 Å². The van der Waals surface area contributed by atoms with Gasteiger partial charge in [0.25, 0.3) is 0 Å². The monoisotopic (exact) mass is 205 g/mol. The molecule has 0 radical (unpaired) electrons. The van der Waals surface area contributed by atoms with Gasteiger partial charge in [-0.1, -0.05) is 18.2 Å². The second kappa shape index (κ2) is 4.34. The highest BCUT2D eigenvalue weighted by atomic mass is 16.5. The third-order valence-electron chi connectivity index (χ3n) is 2.60. The largest absolute Gasteiger partial charge is 0.461 e. The van der Waals surface area contributed by atoms with Crippen LogP contribution >= 0.6 is 0 Å². The summed E-state index contributed by atoms with van der Waals surface area (Å²) in [5, 5.41) is 0. The number of hydrogen-bond acceptors (Lipinski definition) is 3. The topological polar surface area (TPSA) is 29.5 Å². The summed E-state index contributed by atoms with van der Waals surface area (Å²) in [4.78, 5) is 13.0. The first kappa shape index (κ1) is 10.0. The number of carbonyl (C=O) groups excluding carboxylic acids is 1. The molecule has 0 aliphatic carbocycles. The molecule has 3 heteroatoms. The van der Waals surface area contributed by atoms with E-state index in [0.717, 1.165) is 19.5 Å². The quantitative estimate of drug-likeness (QED) is 0.690. The summed E-state index contributed by atoms with van der Waals surface area (Å²) in [6.45, 7) is 3.23. The van der Waals surface area contributed by atoms with E-state index in [9.17, 15) is 4.79 Å². The van der Waals surface area contributed by atoms with E-state index in [0.29, 0.717) is 0 Å². The Morgan fingerprint density at radius 1 is 1.40 bits per heavy atom. The third-order valence-corrected chi connectivity index (χ3v) is 2.60. The van der Waals surface area contributed by atoms with E-state index in [4.69, 9.17) is 4.74 Å². The lowest BCUT2D eigenvalue weighted by Crippen LogP contribution is -2.23. The van der Waals surface area contributed by atoms with Crippen LogP contribution in [0.2, 0.25) is 0 Å². The van der Waals surface area contributed by atoms with Crippen molar-refractivity contribution in [2.45, 2.75) is 19.4 Å². The average Bonchev–Trinajstić information content (AvgIpc) is 2.67. The smallest absolute Gasteiger partial charge is 0.302 e. The maximum Gasteiger partial charge on any atom is 0.302 e. The van der Waals surface area contributed by atoms with Crippen molar-refractivity contribution < 1.29 is 9.53 Å². The molecule has 2 rings (SSSR count). The summed E-state index contributed by atoms with van der Waals surface area (Å²) in [7, 11) is 0. The molecular formula is C12H15NO2. The van der Waals surface area contributed by atoms with Crippen molar-refractivity contribution >= 4 is 11.7 Å². The van der Waals surface area contributed by atoms with Crippen molar-refractivity contribution in [3.05, 3.63) is 30.3 Å². The summed E-state index contributed by atoms with van der Waals surface area (Å²) >= 11 is 0. The molecule has 0 N–H and O–H groups in total. The normalized spacial score (nSPS) is 20.3. The van der Waals surface area contributed by atoms with Gasteiger partial charge in [-0.3, -0.25) is 4.79 Å². The second-order valence-electron chi connectivity index (χ2n) is 3.80. The first-order chi connectivity index (χ1) is 7.25. The van der Waals surface area contributed by atoms with Crippen LogP contribution in [0.1, 0.15) is 13.3 Å². The molecule has 0 saturated carbocycles. The zero-order valence-electron chi connectivity index (χ0n) is 8.85. The number of hydrogen-bond donors (Lipinski definition) is 0. The molecule has 1 aliphatic heterocycles. The maximum atomic E-state index is 10.8. The third kappa shape index (κ3) is 2.49. The van der Waals surface area contributed by atoms with Gasteiger partial charge >= 0.3 is 5.97 Å². The van der Waals surface area contributed by atoms with Gasteiger partial charge in [-0.15, -0.1) is 0 Å². The lowest BCUT2D eigenvalue weighted by atomic mass is 10.3. The number of esters is 1. The van der Waals surface area contributed by atoms with Crippen LogP contribution in [0.5, 0.6) is 0 Å². The molecular weight excluding hydrogens is 190 g/mol. The van der Waals surface area contributed by atoms with Crippen LogP contribution in [0.4, 0.5) is 5.69 Å². The van der Waals surface area contributed by atoms with Crippen LogP contribution in [0.15, 0.2) is 30.3 Å². The molecule has 1 aromatic carbocycles. The van der Waals surface area contributed by atoms with Crippen molar-refractivity contribution in [3.8, 4) is 0 Å². The van der Waals surface area contributed by atoms with Crippen molar-refractivity contribution in [3.63, 3.8) is 0 Å². The fourth-order valence-electron chi connectivity index (χ4n) is 1.93. The van der Waals surface area contributed by atoms with Crippen LogP contribution in [0.25, 0.3) is 0 Å². The summed E-state index contributed by atoms with van der Waals surface area (Å²) in [6.07, 6.45) is 0.983. The van der Waals surface area contributed by atoms with Crippen molar-refractivity contribution in [2.24, 2.45) is 0 Å². The van der Waals surface area contributed by atoms with E-state index >= 15 is 0 Å². The van der Waals surface area contributed by atoms with E-state index < -0.39 is 0 Å². The highest BCUT2D eigenvalue weighted by molar-refractivity contribution is 5.66. The minimum absolute atomic E-state index is 0.0581. The number of ether oxygens (including phenoxy) is 1.